The summed E-state index contributed by atoms with van der Waals surface area (Å²) < 4.78 is 10.2. The highest BCUT2D eigenvalue weighted by molar-refractivity contribution is 5.45. The van der Waals surface area contributed by atoms with Gasteiger partial charge in [0.15, 0.2) is 5.75 Å². The number of ether oxygens (including phenoxy) is 2. The second-order valence-electron chi connectivity index (χ2n) is 4.09. The van der Waals surface area contributed by atoms with Crippen molar-refractivity contribution in [3.05, 3.63) is 34.4 Å². The van der Waals surface area contributed by atoms with Crippen LogP contribution in [0.5, 0.6) is 5.75 Å². The molecule has 1 aliphatic heterocycles. The Balaban J connectivity index is 2.15. The molecule has 3 N–H and O–H groups in total. The Kier molecular flexibility index (Phi) is 3.96. The van der Waals surface area contributed by atoms with E-state index in [1.807, 2.05) is 0 Å². The van der Waals surface area contributed by atoms with Crippen molar-refractivity contribution in [2.45, 2.75) is 24.6 Å². The lowest BCUT2D eigenvalue weighted by molar-refractivity contribution is -0.386. The first-order valence-corrected chi connectivity index (χ1v) is 5.56. The number of rotatable bonds is 3. The predicted molar refractivity (Wildman–Crippen MR) is 61.5 cm³/mol. The SMILES string of the molecule is O=[N+]([O-])c1ccccc1O[C@@H]1OC[C@@H](O)[C@H](O)[C@@H]1O. The molecule has 1 aromatic rings. The first kappa shape index (κ1) is 13.7. The summed E-state index contributed by atoms with van der Waals surface area (Å²) in [7, 11) is 0. The Hall–Kier alpha value is -1.74. The van der Waals surface area contributed by atoms with E-state index in [9.17, 15) is 25.4 Å². The molecule has 2 rings (SSSR count). The summed E-state index contributed by atoms with van der Waals surface area (Å²) in [5.74, 6) is -0.0832. The lowest BCUT2D eigenvalue weighted by Gasteiger charge is -2.34. The molecule has 0 saturated carbocycles. The summed E-state index contributed by atoms with van der Waals surface area (Å²) in [4.78, 5) is 10.2. The van der Waals surface area contributed by atoms with E-state index >= 15 is 0 Å². The topological polar surface area (TPSA) is 122 Å². The fourth-order valence-corrected chi connectivity index (χ4v) is 1.72. The van der Waals surface area contributed by atoms with Crippen LogP contribution in [0.2, 0.25) is 0 Å². The summed E-state index contributed by atoms with van der Waals surface area (Å²) in [6.45, 7) is -0.233. The van der Waals surface area contributed by atoms with Gasteiger partial charge in [0.2, 0.25) is 6.29 Å². The quantitative estimate of drug-likeness (QED) is 0.496. The number of nitro benzene ring substituents is 1. The zero-order valence-electron chi connectivity index (χ0n) is 9.75. The van der Waals surface area contributed by atoms with Gasteiger partial charge in [-0.1, -0.05) is 12.1 Å². The molecule has 0 aromatic heterocycles. The van der Waals surface area contributed by atoms with Gasteiger partial charge in [0.05, 0.1) is 11.5 Å². The number of aliphatic hydroxyl groups is 3. The van der Waals surface area contributed by atoms with E-state index in [0.717, 1.165) is 0 Å². The highest BCUT2D eigenvalue weighted by Gasteiger charge is 2.39. The van der Waals surface area contributed by atoms with Gasteiger partial charge < -0.3 is 24.8 Å². The molecule has 104 valence electrons. The van der Waals surface area contributed by atoms with Crippen molar-refractivity contribution in [2.75, 3.05) is 6.61 Å². The van der Waals surface area contributed by atoms with Crippen LogP contribution in [0.1, 0.15) is 0 Å². The number of hydrogen-bond acceptors (Lipinski definition) is 7. The second kappa shape index (κ2) is 5.49. The zero-order valence-corrected chi connectivity index (χ0v) is 9.75. The Morgan fingerprint density at radius 1 is 1.26 bits per heavy atom. The number of nitro groups is 1. The van der Waals surface area contributed by atoms with Gasteiger partial charge >= 0.3 is 5.69 Å². The third-order valence-electron chi connectivity index (χ3n) is 2.76. The molecule has 4 atom stereocenters. The summed E-state index contributed by atoms with van der Waals surface area (Å²) in [5, 5.41) is 39.2. The third-order valence-corrected chi connectivity index (χ3v) is 2.76. The molecule has 0 unspecified atom stereocenters. The average molecular weight is 271 g/mol. The number of para-hydroxylation sites is 2. The van der Waals surface area contributed by atoms with E-state index in [2.05, 4.69) is 0 Å². The Labute approximate surface area is 108 Å². The van der Waals surface area contributed by atoms with Crippen LogP contribution >= 0.6 is 0 Å². The van der Waals surface area contributed by atoms with Crippen LogP contribution in [-0.4, -0.2) is 51.5 Å². The van der Waals surface area contributed by atoms with Gasteiger partial charge in [-0.25, -0.2) is 0 Å². The molecule has 0 bridgehead atoms. The minimum atomic E-state index is -1.50. The Morgan fingerprint density at radius 2 is 1.95 bits per heavy atom. The molecule has 0 aliphatic carbocycles. The van der Waals surface area contributed by atoms with Crippen molar-refractivity contribution in [3.63, 3.8) is 0 Å². The van der Waals surface area contributed by atoms with Crippen LogP contribution in [0.3, 0.4) is 0 Å². The fraction of sp³-hybridized carbons (Fsp3) is 0.455. The monoisotopic (exact) mass is 271 g/mol. The maximum atomic E-state index is 10.8. The second-order valence-corrected chi connectivity index (χ2v) is 4.09. The largest absolute Gasteiger partial charge is 0.455 e. The van der Waals surface area contributed by atoms with Crippen molar-refractivity contribution in [1.29, 1.82) is 0 Å². The van der Waals surface area contributed by atoms with Crippen molar-refractivity contribution in [2.24, 2.45) is 0 Å². The maximum absolute atomic E-state index is 10.8. The van der Waals surface area contributed by atoms with Crippen molar-refractivity contribution < 1.29 is 29.7 Å². The first-order valence-electron chi connectivity index (χ1n) is 5.56. The molecule has 8 nitrogen and oxygen atoms in total. The molecule has 0 spiro atoms. The average Bonchev–Trinajstić information content (AvgIpc) is 2.40. The van der Waals surface area contributed by atoms with Gasteiger partial charge in [-0.2, -0.15) is 0 Å². The molecule has 1 fully saturated rings. The van der Waals surface area contributed by atoms with Crippen LogP contribution in [0.4, 0.5) is 5.69 Å². The standard InChI is InChI=1S/C11H13NO7/c13-7-5-18-11(10(15)9(7)14)19-8-4-2-1-3-6(8)12(16)17/h1-4,7,9-11,13-15H,5H2/t7-,9+,10+,11+/m1/s1. The van der Waals surface area contributed by atoms with Crippen LogP contribution in [0, 0.1) is 10.1 Å². The number of nitrogens with zero attached hydrogens (tertiary/aromatic N) is 1. The molecular weight excluding hydrogens is 258 g/mol. The number of hydrogen-bond donors (Lipinski definition) is 3. The minimum absolute atomic E-state index is 0.0832. The van der Waals surface area contributed by atoms with Crippen molar-refractivity contribution in [1.82, 2.24) is 0 Å². The normalized spacial score (nSPS) is 30.9. The summed E-state index contributed by atoms with van der Waals surface area (Å²) in [6.07, 6.45) is -5.43. The molecule has 1 aliphatic rings. The molecule has 8 heteroatoms. The Bertz CT molecular complexity index is 466. The lowest BCUT2D eigenvalue weighted by Crippen LogP contribution is -2.54. The van der Waals surface area contributed by atoms with Gasteiger partial charge in [0, 0.05) is 6.07 Å². The molecule has 19 heavy (non-hydrogen) atoms. The van der Waals surface area contributed by atoms with Crippen molar-refractivity contribution in [3.8, 4) is 5.75 Å². The number of aliphatic hydroxyl groups excluding tert-OH is 3. The molecule has 0 radical (unpaired) electrons. The van der Waals surface area contributed by atoms with E-state index in [4.69, 9.17) is 9.47 Å². The van der Waals surface area contributed by atoms with Gasteiger partial charge in [0.1, 0.15) is 18.3 Å². The van der Waals surface area contributed by atoms with Crippen molar-refractivity contribution >= 4 is 5.69 Å². The predicted octanol–water partition coefficient (Wildman–Crippen LogP) is -0.587. The maximum Gasteiger partial charge on any atom is 0.311 e. The molecule has 0 amide bonds. The summed E-state index contributed by atoms with van der Waals surface area (Å²) >= 11 is 0. The molecule has 1 aromatic carbocycles. The minimum Gasteiger partial charge on any atom is -0.455 e. The summed E-state index contributed by atoms with van der Waals surface area (Å²) in [6, 6.07) is 5.60. The molecule has 1 saturated heterocycles. The molecular formula is C11H13NO7. The van der Waals surface area contributed by atoms with Crippen LogP contribution in [-0.2, 0) is 4.74 Å². The molecule has 1 heterocycles. The zero-order chi connectivity index (χ0) is 14.0. The van der Waals surface area contributed by atoms with Gasteiger partial charge in [-0.05, 0) is 6.07 Å². The highest BCUT2D eigenvalue weighted by atomic mass is 16.7. The summed E-state index contributed by atoms with van der Waals surface area (Å²) in [5.41, 5.74) is -0.279. The third kappa shape index (κ3) is 2.82. The van der Waals surface area contributed by atoms with Crippen LogP contribution < -0.4 is 4.74 Å². The lowest BCUT2D eigenvalue weighted by atomic mass is 10.1. The van der Waals surface area contributed by atoms with Crippen LogP contribution in [0.25, 0.3) is 0 Å². The van der Waals surface area contributed by atoms with E-state index in [0.29, 0.717) is 0 Å². The van der Waals surface area contributed by atoms with Gasteiger partial charge in [-0.3, -0.25) is 10.1 Å². The Morgan fingerprint density at radius 3 is 2.63 bits per heavy atom. The smallest absolute Gasteiger partial charge is 0.311 e. The van der Waals surface area contributed by atoms with Gasteiger partial charge in [0.25, 0.3) is 0 Å². The van der Waals surface area contributed by atoms with E-state index in [1.165, 1.54) is 24.3 Å². The van der Waals surface area contributed by atoms with Crippen LogP contribution in [0.15, 0.2) is 24.3 Å². The number of benzene rings is 1. The van der Waals surface area contributed by atoms with E-state index in [1.54, 1.807) is 0 Å². The van der Waals surface area contributed by atoms with E-state index in [-0.39, 0.29) is 18.0 Å². The first-order chi connectivity index (χ1) is 9.00. The highest BCUT2D eigenvalue weighted by Crippen LogP contribution is 2.29. The van der Waals surface area contributed by atoms with E-state index < -0.39 is 29.5 Å². The van der Waals surface area contributed by atoms with Gasteiger partial charge in [-0.15, -0.1) is 0 Å². The fourth-order valence-electron chi connectivity index (χ4n) is 1.72.